The Balaban J connectivity index is 2.03. The number of anilines is 1. The van der Waals surface area contributed by atoms with Crippen LogP contribution in [0, 0.1) is 17.2 Å². The van der Waals surface area contributed by atoms with Crippen LogP contribution in [-0.4, -0.2) is 75.8 Å². The predicted octanol–water partition coefficient (Wildman–Crippen LogP) is 0.141. The monoisotopic (exact) mass is 432 g/mol. The summed E-state index contributed by atoms with van der Waals surface area (Å²) in [5.74, 6) is 0.0323. The van der Waals surface area contributed by atoms with Gasteiger partial charge in [0.05, 0.1) is 23.6 Å². The third-order valence-electron chi connectivity index (χ3n) is 5.82. The van der Waals surface area contributed by atoms with Crippen molar-refractivity contribution in [3.05, 3.63) is 18.1 Å². The van der Waals surface area contributed by atoms with Crippen LogP contribution in [0.25, 0.3) is 11.0 Å². The summed E-state index contributed by atoms with van der Waals surface area (Å²) in [5, 5.41) is 35.7. The molecule has 2 aromatic heterocycles. The van der Waals surface area contributed by atoms with Gasteiger partial charge in [-0.3, -0.25) is 4.79 Å². The highest BCUT2D eigenvalue weighted by Crippen LogP contribution is 2.36. The number of aliphatic hydroxyl groups excluding tert-OH is 2. The van der Waals surface area contributed by atoms with Crippen molar-refractivity contribution >= 4 is 22.8 Å². The molecule has 11 heteroatoms. The fraction of sp³-hybridized carbons (Fsp3) is 0.600. The first kappa shape index (κ1) is 23.1. The maximum absolute atomic E-state index is 12.8. The molecule has 0 aliphatic carbocycles. The molecule has 1 aliphatic heterocycles. The van der Waals surface area contributed by atoms with E-state index in [0.717, 1.165) is 6.42 Å². The number of aromatic nitrogens is 3. The van der Waals surface area contributed by atoms with E-state index in [1.54, 1.807) is 11.6 Å². The molecular weight excluding hydrogens is 404 g/mol. The van der Waals surface area contributed by atoms with Gasteiger partial charge in [-0.25, -0.2) is 9.97 Å². The smallest absolute Gasteiger partial charge is 0.242 e. The minimum Gasteiger partial charge on any atom is -0.394 e. The average molecular weight is 432 g/mol. The Hall–Kier alpha value is -2.62. The van der Waals surface area contributed by atoms with Crippen LogP contribution >= 0.6 is 0 Å². The Kier molecular flexibility index (Phi) is 7.19. The quantitative estimate of drug-likeness (QED) is 0.456. The largest absolute Gasteiger partial charge is 0.394 e. The molecular formula is C20H28N6O5. The van der Waals surface area contributed by atoms with E-state index < -0.39 is 30.6 Å². The third kappa shape index (κ3) is 4.13. The summed E-state index contributed by atoms with van der Waals surface area (Å²) in [6, 6.07) is 1.67. The first-order valence-corrected chi connectivity index (χ1v) is 10.1. The number of carbonyl (C=O) groups excluding carboxylic acids is 1. The summed E-state index contributed by atoms with van der Waals surface area (Å²) in [4.78, 5) is 21.3. The summed E-state index contributed by atoms with van der Waals surface area (Å²) >= 11 is 0. The van der Waals surface area contributed by atoms with Gasteiger partial charge in [0.2, 0.25) is 5.91 Å². The van der Waals surface area contributed by atoms with Crippen molar-refractivity contribution in [3.63, 3.8) is 0 Å². The van der Waals surface area contributed by atoms with Gasteiger partial charge in [-0.05, 0) is 13.0 Å². The number of likely N-dealkylation sites (N-methyl/N-ethyl adjacent to an activating group) is 1. The van der Waals surface area contributed by atoms with Crippen molar-refractivity contribution in [3.8, 4) is 6.07 Å². The third-order valence-corrected chi connectivity index (χ3v) is 5.82. The second-order valence-electron chi connectivity index (χ2n) is 7.56. The molecule has 0 aromatic carbocycles. The zero-order chi connectivity index (χ0) is 22.7. The highest BCUT2D eigenvalue weighted by atomic mass is 16.6. The zero-order valence-electron chi connectivity index (χ0n) is 17.9. The highest BCUT2D eigenvalue weighted by Gasteiger charge is 2.45. The number of nitrogens with zero attached hydrogens (tertiary/aromatic N) is 4. The minimum atomic E-state index is -1.06. The Bertz CT molecular complexity index is 973. The summed E-state index contributed by atoms with van der Waals surface area (Å²) in [7, 11) is 3.14. The molecule has 3 heterocycles. The fourth-order valence-electron chi connectivity index (χ4n) is 3.91. The van der Waals surface area contributed by atoms with E-state index in [9.17, 15) is 20.3 Å². The normalized spacial score (nSPS) is 25.3. The van der Waals surface area contributed by atoms with E-state index in [1.807, 2.05) is 13.8 Å². The number of fused-ring (bicyclic) bond motifs is 1. The summed E-state index contributed by atoms with van der Waals surface area (Å²) in [5.41, 5.74) is 0.570. The first-order chi connectivity index (χ1) is 14.9. The lowest BCUT2D eigenvalue weighted by Gasteiger charge is -2.22. The Labute approximate surface area is 180 Å². The second-order valence-corrected chi connectivity index (χ2v) is 7.56. The van der Waals surface area contributed by atoms with E-state index in [4.69, 9.17) is 9.47 Å². The lowest BCUT2D eigenvalue weighted by molar-refractivity contribution is -0.119. The SMILES string of the molecule is CCC(C)C(NC)C(=O)Nc1ncnc2c1c(C#N)cn2[C@@H]1O[C@H](CO)C(O)[C@@H]1OC. The van der Waals surface area contributed by atoms with E-state index in [0.29, 0.717) is 11.0 Å². The van der Waals surface area contributed by atoms with Crippen LogP contribution < -0.4 is 10.6 Å². The van der Waals surface area contributed by atoms with Crippen molar-refractivity contribution in [1.29, 1.82) is 5.26 Å². The molecule has 1 saturated heterocycles. The first-order valence-electron chi connectivity index (χ1n) is 10.1. The number of rotatable bonds is 8. The molecule has 0 spiro atoms. The van der Waals surface area contributed by atoms with Crippen LogP contribution in [0.3, 0.4) is 0 Å². The maximum Gasteiger partial charge on any atom is 0.242 e. The molecule has 1 amide bonds. The number of hydrogen-bond donors (Lipinski definition) is 4. The number of hydrogen-bond acceptors (Lipinski definition) is 9. The zero-order valence-corrected chi connectivity index (χ0v) is 17.9. The van der Waals surface area contributed by atoms with Crippen LogP contribution in [0.4, 0.5) is 5.82 Å². The van der Waals surface area contributed by atoms with Gasteiger partial charge >= 0.3 is 0 Å². The summed E-state index contributed by atoms with van der Waals surface area (Å²) in [6.45, 7) is 3.58. The standard InChI is InChI=1S/C20H28N6O5/c1-5-10(2)14(22-3)19(29)25-17-13-11(6-21)7-26(18(13)24-9-23-17)20-16(30-4)15(28)12(8-27)31-20/h7,9-10,12,14-16,20,22,27-28H,5,8H2,1-4H3,(H,23,24,25,29)/t10?,12-,14?,15?,16+,20-/m1/s1. The second kappa shape index (κ2) is 9.67. The van der Waals surface area contributed by atoms with Crippen LogP contribution in [0.5, 0.6) is 0 Å². The molecule has 6 atom stereocenters. The molecule has 0 bridgehead atoms. The van der Waals surface area contributed by atoms with E-state index >= 15 is 0 Å². The number of carbonyl (C=O) groups is 1. The molecule has 0 saturated carbocycles. The molecule has 3 rings (SSSR count). The molecule has 4 N–H and O–H groups in total. The predicted molar refractivity (Wildman–Crippen MR) is 111 cm³/mol. The molecule has 2 aromatic rings. The molecule has 0 radical (unpaired) electrons. The Morgan fingerprint density at radius 1 is 1.48 bits per heavy atom. The maximum atomic E-state index is 12.8. The number of nitrogens with one attached hydrogen (secondary N) is 2. The van der Waals surface area contributed by atoms with Crippen molar-refractivity contribution in [2.45, 2.75) is 50.8 Å². The minimum absolute atomic E-state index is 0.0913. The average Bonchev–Trinajstić information content (AvgIpc) is 3.31. The van der Waals surface area contributed by atoms with Gasteiger partial charge in [0.15, 0.2) is 6.23 Å². The number of nitriles is 1. The molecule has 168 valence electrons. The van der Waals surface area contributed by atoms with Crippen molar-refractivity contribution in [1.82, 2.24) is 19.9 Å². The van der Waals surface area contributed by atoms with Gasteiger partial charge in [0.1, 0.15) is 42.2 Å². The topological polar surface area (TPSA) is 155 Å². The molecule has 3 unspecified atom stereocenters. The lowest BCUT2D eigenvalue weighted by atomic mass is 9.98. The highest BCUT2D eigenvalue weighted by molar-refractivity contribution is 6.03. The molecule has 11 nitrogen and oxygen atoms in total. The fourth-order valence-corrected chi connectivity index (χ4v) is 3.91. The van der Waals surface area contributed by atoms with E-state index in [-0.39, 0.29) is 29.8 Å². The molecule has 31 heavy (non-hydrogen) atoms. The number of aliphatic hydroxyl groups is 2. The number of ether oxygens (including phenoxy) is 2. The number of amides is 1. The Morgan fingerprint density at radius 2 is 2.23 bits per heavy atom. The van der Waals surface area contributed by atoms with Gasteiger partial charge in [-0.15, -0.1) is 0 Å². The van der Waals surface area contributed by atoms with Crippen LogP contribution in [0.15, 0.2) is 12.5 Å². The van der Waals surface area contributed by atoms with Gasteiger partial charge in [-0.1, -0.05) is 20.3 Å². The number of methoxy groups -OCH3 is 1. The van der Waals surface area contributed by atoms with E-state index in [2.05, 4.69) is 26.7 Å². The van der Waals surface area contributed by atoms with Crippen LogP contribution in [0.2, 0.25) is 0 Å². The van der Waals surface area contributed by atoms with Crippen molar-refractivity contribution in [2.24, 2.45) is 5.92 Å². The van der Waals surface area contributed by atoms with Crippen LogP contribution in [-0.2, 0) is 14.3 Å². The van der Waals surface area contributed by atoms with Crippen molar-refractivity contribution < 1.29 is 24.5 Å². The molecule has 1 fully saturated rings. The van der Waals surface area contributed by atoms with Gasteiger partial charge in [-0.2, -0.15) is 5.26 Å². The van der Waals surface area contributed by atoms with Gasteiger partial charge in [0.25, 0.3) is 0 Å². The van der Waals surface area contributed by atoms with Gasteiger partial charge in [0, 0.05) is 13.3 Å². The van der Waals surface area contributed by atoms with Crippen LogP contribution in [0.1, 0.15) is 32.1 Å². The molecule has 1 aliphatic rings. The van der Waals surface area contributed by atoms with Gasteiger partial charge < -0.3 is 34.9 Å². The summed E-state index contributed by atoms with van der Waals surface area (Å²) in [6.07, 6.45) is 0.0919. The van der Waals surface area contributed by atoms with E-state index in [1.165, 1.54) is 19.6 Å². The van der Waals surface area contributed by atoms with Crippen molar-refractivity contribution in [2.75, 3.05) is 26.1 Å². The lowest BCUT2D eigenvalue weighted by Crippen LogP contribution is -2.43. The summed E-state index contributed by atoms with van der Waals surface area (Å²) < 4.78 is 12.7. The Morgan fingerprint density at radius 3 is 2.81 bits per heavy atom.